The number of nitrogens with zero attached hydrogens (tertiary/aromatic N) is 2. The molecule has 0 heterocycles. The first-order chi connectivity index (χ1) is 15.6. The zero-order chi connectivity index (χ0) is 24.2. The SMILES string of the molecule is CCCCN(CC)c1cc2c(cc1CN(Cc1cc(C)cc(C(F)(F)F)c1)C(=O)O)CCC2. The molecule has 0 atom stereocenters. The first-order valence-electron chi connectivity index (χ1n) is 11.7. The van der Waals surface area contributed by atoms with Crippen LogP contribution in [0.2, 0.25) is 0 Å². The molecule has 0 saturated carbocycles. The topological polar surface area (TPSA) is 43.8 Å². The summed E-state index contributed by atoms with van der Waals surface area (Å²) in [6.45, 7) is 7.56. The number of carboxylic acid groups (broad SMARTS) is 1. The van der Waals surface area contributed by atoms with Gasteiger partial charge in [-0.1, -0.05) is 31.0 Å². The molecule has 0 fully saturated rings. The van der Waals surface area contributed by atoms with E-state index in [0.717, 1.165) is 68.6 Å². The minimum atomic E-state index is -4.47. The minimum absolute atomic E-state index is 0.0995. The fourth-order valence-electron chi connectivity index (χ4n) is 4.62. The lowest BCUT2D eigenvalue weighted by Gasteiger charge is -2.29. The zero-order valence-corrected chi connectivity index (χ0v) is 19.6. The molecule has 0 aromatic heterocycles. The van der Waals surface area contributed by atoms with E-state index in [0.29, 0.717) is 11.1 Å². The number of aryl methyl sites for hydroxylation is 3. The number of benzene rings is 2. The van der Waals surface area contributed by atoms with Crippen molar-refractivity contribution < 1.29 is 23.1 Å². The second-order valence-corrected chi connectivity index (χ2v) is 8.88. The Labute approximate surface area is 194 Å². The van der Waals surface area contributed by atoms with Crippen LogP contribution in [0.3, 0.4) is 0 Å². The van der Waals surface area contributed by atoms with Gasteiger partial charge in [-0.3, -0.25) is 4.90 Å². The van der Waals surface area contributed by atoms with Crippen molar-refractivity contribution in [2.24, 2.45) is 0 Å². The number of carbonyl (C=O) groups is 1. The highest BCUT2D eigenvalue weighted by Gasteiger charge is 2.31. The van der Waals surface area contributed by atoms with Crippen LogP contribution in [0.5, 0.6) is 0 Å². The second-order valence-electron chi connectivity index (χ2n) is 8.88. The van der Waals surface area contributed by atoms with E-state index in [1.54, 1.807) is 13.0 Å². The van der Waals surface area contributed by atoms with E-state index in [4.69, 9.17) is 0 Å². The summed E-state index contributed by atoms with van der Waals surface area (Å²) in [4.78, 5) is 15.6. The van der Waals surface area contributed by atoms with Gasteiger partial charge in [-0.15, -0.1) is 0 Å². The summed E-state index contributed by atoms with van der Waals surface area (Å²) in [6.07, 6.45) is -0.422. The zero-order valence-electron chi connectivity index (χ0n) is 19.6. The quantitative estimate of drug-likeness (QED) is 0.445. The van der Waals surface area contributed by atoms with Gasteiger partial charge in [-0.05, 0) is 80.0 Å². The van der Waals surface area contributed by atoms with Crippen molar-refractivity contribution in [3.63, 3.8) is 0 Å². The van der Waals surface area contributed by atoms with Gasteiger partial charge in [-0.2, -0.15) is 13.2 Å². The Kier molecular flexibility index (Phi) is 7.92. The molecule has 7 heteroatoms. The average molecular weight is 463 g/mol. The predicted molar refractivity (Wildman–Crippen MR) is 125 cm³/mol. The van der Waals surface area contributed by atoms with E-state index in [1.807, 2.05) is 0 Å². The molecule has 3 rings (SSSR count). The third kappa shape index (κ3) is 6.21. The average Bonchev–Trinajstić information content (AvgIpc) is 3.20. The van der Waals surface area contributed by atoms with Crippen LogP contribution in [0.15, 0.2) is 30.3 Å². The highest BCUT2D eigenvalue weighted by Crippen LogP contribution is 2.33. The Morgan fingerprint density at radius 1 is 1.03 bits per heavy atom. The molecule has 0 radical (unpaired) electrons. The number of rotatable bonds is 9. The van der Waals surface area contributed by atoms with Crippen LogP contribution in [0, 0.1) is 6.92 Å². The Balaban J connectivity index is 1.94. The molecule has 1 N–H and O–H groups in total. The lowest BCUT2D eigenvalue weighted by molar-refractivity contribution is -0.137. The van der Waals surface area contributed by atoms with E-state index in [-0.39, 0.29) is 13.1 Å². The van der Waals surface area contributed by atoms with Crippen LogP contribution >= 0.6 is 0 Å². The third-order valence-electron chi connectivity index (χ3n) is 6.27. The predicted octanol–water partition coefficient (Wildman–Crippen LogP) is 6.81. The maximum atomic E-state index is 13.3. The molecule has 180 valence electrons. The summed E-state index contributed by atoms with van der Waals surface area (Å²) in [6, 6.07) is 8.06. The Bertz CT molecular complexity index is 988. The Morgan fingerprint density at radius 3 is 2.33 bits per heavy atom. The fraction of sp³-hybridized carbons (Fsp3) is 0.500. The Hall–Kier alpha value is -2.70. The largest absolute Gasteiger partial charge is 0.465 e. The number of halogens is 3. The lowest BCUT2D eigenvalue weighted by atomic mass is 10.0. The smallest absolute Gasteiger partial charge is 0.416 e. The van der Waals surface area contributed by atoms with Crippen LogP contribution < -0.4 is 4.90 Å². The van der Waals surface area contributed by atoms with E-state index in [1.165, 1.54) is 16.0 Å². The second kappa shape index (κ2) is 10.5. The monoisotopic (exact) mass is 462 g/mol. The summed E-state index contributed by atoms with van der Waals surface area (Å²) < 4.78 is 39.8. The van der Waals surface area contributed by atoms with Crippen molar-refractivity contribution in [2.75, 3.05) is 18.0 Å². The maximum absolute atomic E-state index is 13.3. The number of hydrogen-bond acceptors (Lipinski definition) is 2. The standard InChI is InChI=1S/C26H33F3N2O2/c1-4-6-10-30(5-2)24-15-21-9-7-8-20(21)14-22(24)17-31(25(32)33)16-19-11-18(3)12-23(13-19)26(27,28)29/h11-15H,4-10,16-17H2,1-3H3,(H,32,33). The first kappa shape index (κ1) is 24.9. The number of hydrogen-bond donors (Lipinski definition) is 1. The molecule has 4 nitrogen and oxygen atoms in total. The molecule has 1 aliphatic carbocycles. The van der Waals surface area contributed by atoms with Gasteiger partial charge >= 0.3 is 12.3 Å². The molecular formula is C26H33F3N2O2. The van der Waals surface area contributed by atoms with Crippen molar-refractivity contribution in [3.8, 4) is 0 Å². The molecule has 2 aromatic carbocycles. The van der Waals surface area contributed by atoms with Crippen LogP contribution in [-0.4, -0.2) is 29.2 Å². The molecule has 1 aliphatic rings. The number of alkyl halides is 3. The molecule has 0 saturated heterocycles. The van der Waals surface area contributed by atoms with Crippen molar-refractivity contribution >= 4 is 11.8 Å². The fourth-order valence-corrected chi connectivity index (χ4v) is 4.62. The molecule has 0 spiro atoms. The molecule has 0 unspecified atom stereocenters. The summed E-state index contributed by atoms with van der Waals surface area (Å²) in [5.41, 5.74) is 4.57. The van der Waals surface area contributed by atoms with Gasteiger partial charge in [-0.25, -0.2) is 4.79 Å². The van der Waals surface area contributed by atoms with Gasteiger partial charge in [0.25, 0.3) is 0 Å². The molecule has 0 aliphatic heterocycles. The molecule has 0 bridgehead atoms. The van der Waals surface area contributed by atoms with Crippen molar-refractivity contribution in [3.05, 3.63) is 63.7 Å². The van der Waals surface area contributed by atoms with Gasteiger partial charge < -0.3 is 10.0 Å². The summed E-state index contributed by atoms with van der Waals surface area (Å²) in [7, 11) is 0. The van der Waals surface area contributed by atoms with E-state index >= 15 is 0 Å². The maximum Gasteiger partial charge on any atom is 0.416 e. The van der Waals surface area contributed by atoms with Gasteiger partial charge in [0.1, 0.15) is 0 Å². The number of anilines is 1. The van der Waals surface area contributed by atoms with E-state index in [2.05, 4.69) is 30.9 Å². The van der Waals surface area contributed by atoms with Crippen molar-refractivity contribution in [2.45, 2.75) is 72.1 Å². The van der Waals surface area contributed by atoms with Crippen LogP contribution in [-0.2, 0) is 32.1 Å². The highest BCUT2D eigenvalue weighted by molar-refractivity contribution is 5.66. The number of unbranched alkanes of at least 4 members (excludes halogenated alkanes) is 1. The normalized spacial score (nSPS) is 13.2. The summed E-state index contributed by atoms with van der Waals surface area (Å²) in [5.74, 6) is 0. The summed E-state index contributed by atoms with van der Waals surface area (Å²) in [5, 5.41) is 9.91. The van der Waals surface area contributed by atoms with Gasteiger partial charge in [0.15, 0.2) is 0 Å². The van der Waals surface area contributed by atoms with Crippen molar-refractivity contribution in [1.29, 1.82) is 0 Å². The number of amides is 1. The number of fused-ring (bicyclic) bond motifs is 1. The van der Waals surface area contributed by atoms with E-state index in [9.17, 15) is 23.1 Å². The Morgan fingerprint density at radius 2 is 1.73 bits per heavy atom. The first-order valence-corrected chi connectivity index (χ1v) is 11.7. The van der Waals surface area contributed by atoms with Gasteiger partial charge in [0.05, 0.1) is 12.1 Å². The highest BCUT2D eigenvalue weighted by atomic mass is 19.4. The molecule has 2 aromatic rings. The minimum Gasteiger partial charge on any atom is -0.465 e. The van der Waals surface area contributed by atoms with E-state index < -0.39 is 17.8 Å². The van der Waals surface area contributed by atoms with Crippen LogP contribution in [0.1, 0.15) is 66.5 Å². The van der Waals surface area contributed by atoms with Crippen LogP contribution in [0.25, 0.3) is 0 Å². The van der Waals surface area contributed by atoms with Gasteiger partial charge in [0.2, 0.25) is 0 Å². The molecule has 33 heavy (non-hydrogen) atoms. The lowest BCUT2D eigenvalue weighted by Crippen LogP contribution is -2.31. The van der Waals surface area contributed by atoms with Crippen LogP contribution in [0.4, 0.5) is 23.7 Å². The summed E-state index contributed by atoms with van der Waals surface area (Å²) >= 11 is 0. The third-order valence-corrected chi connectivity index (χ3v) is 6.27. The van der Waals surface area contributed by atoms with Crippen molar-refractivity contribution in [1.82, 2.24) is 4.90 Å². The molecular weight excluding hydrogens is 429 g/mol. The molecule has 1 amide bonds. The van der Waals surface area contributed by atoms with Gasteiger partial charge in [0, 0.05) is 25.3 Å².